The second kappa shape index (κ2) is 7.64. The molecule has 0 spiro atoms. The molecule has 0 fully saturated rings. The highest BCUT2D eigenvalue weighted by Crippen LogP contribution is 2.24. The summed E-state index contributed by atoms with van der Waals surface area (Å²) in [6, 6.07) is 13.8. The van der Waals surface area contributed by atoms with Crippen molar-refractivity contribution in [2.24, 2.45) is 0 Å². The van der Waals surface area contributed by atoms with Crippen LogP contribution in [0.1, 0.15) is 30.5 Å². The predicted octanol–water partition coefficient (Wildman–Crippen LogP) is 4.00. The van der Waals surface area contributed by atoms with Crippen LogP contribution in [-0.4, -0.2) is 13.0 Å². The number of carbonyl (C=O) groups is 1. The fourth-order valence-electron chi connectivity index (χ4n) is 2.61. The normalized spacial score (nSPS) is 10.3. The van der Waals surface area contributed by atoms with Crippen molar-refractivity contribution in [3.8, 4) is 5.75 Å². The van der Waals surface area contributed by atoms with Gasteiger partial charge in [-0.2, -0.15) is 0 Å². The number of anilines is 1. The zero-order valence-corrected chi connectivity index (χ0v) is 13.5. The average molecular weight is 297 g/mol. The quantitative estimate of drug-likeness (QED) is 0.875. The zero-order valence-electron chi connectivity index (χ0n) is 13.5. The molecule has 0 bridgehead atoms. The Bertz CT molecular complexity index is 627. The van der Waals surface area contributed by atoms with Crippen LogP contribution in [0.4, 0.5) is 5.69 Å². The zero-order chi connectivity index (χ0) is 15.9. The number of hydrogen-bond donors (Lipinski definition) is 1. The Morgan fingerprint density at radius 2 is 1.55 bits per heavy atom. The van der Waals surface area contributed by atoms with Crippen LogP contribution in [0.2, 0.25) is 0 Å². The van der Waals surface area contributed by atoms with Crippen molar-refractivity contribution in [2.45, 2.75) is 33.1 Å². The highest BCUT2D eigenvalue weighted by atomic mass is 16.5. The molecule has 2 rings (SSSR count). The van der Waals surface area contributed by atoms with E-state index in [0.717, 1.165) is 29.8 Å². The highest BCUT2D eigenvalue weighted by molar-refractivity contribution is 5.94. The lowest BCUT2D eigenvalue weighted by Gasteiger charge is -2.15. The number of amides is 1. The molecule has 0 saturated carbocycles. The van der Waals surface area contributed by atoms with Crippen LogP contribution < -0.4 is 10.1 Å². The summed E-state index contributed by atoms with van der Waals surface area (Å²) in [5.74, 6) is 0.734. The van der Waals surface area contributed by atoms with Crippen molar-refractivity contribution in [3.63, 3.8) is 0 Å². The fraction of sp³-hybridized carbons (Fsp3) is 0.316. The molecule has 0 aromatic heterocycles. The minimum Gasteiger partial charge on any atom is -0.496 e. The summed E-state index contributed by atoms with van der Waals surface area (Å²) in [7, 11) is 1.62. The first kappa shape index (κ1) is 16.1. The molecule has 3 nitrogen and oxygen atoms in total. The van der Waals surface area contributed by atoms with Gasteiger partial charge in [-0.05, 0) is 30.0 Å². The van der Waals surface area contributed by atoms with Crippen LogP contribution in [0, 0.1) is 0 Å². The number of benzene rings is 2. The smallest absolute Gasteiger partial charge is 0.228 e. The van der Waals surface area contributed by atoms with Crippen molar-refractivity contribution in [2.75, 3.05) is 12.4 Å². The van der Waals surface area contributed by atoms with Crippen LogP contribution in [0.25, 0.3) is 0 Å². The van der Waals surface area contributed by atoms with Gasteiger partial charge in [0.1, 0.15) is 5.75 Å². The molecule has 116 valence electrons. The molecule has 22 heavy (non-hydrogen) atoms. The highest BCUT2D eigenvalue weighted by Gasteiger charge is 2.12. The third-order valence-corrected chi connectivity index (χ3v) is 3.81. The average Bonchev–Trinajstić information content (AvgIpc) is 2.55. The standard InChI is InChI=1S/C19H23NO2/c1-4-14-10-8-11-15(5-2)19(14)20-18(21)13-16-9-6-7-12-17(16)22-3/h6-12H,4-5,13H2,1-3H3,(H,20,21). The van der Waals surface area contributed by atoms with Crippen molar-refractivity contribution < 1.29 is 9.53 Å². The van der Waals surface area contributed by atoms with Gasteiger partial charge in [0.25, 0.3) is 0 Å². The van der Waals surface area contributed by atoms with Crippen LogP contribution in [0.5, 0.6) is 5.75 Å². The first-order valence-corrected chi connectivity index (χ1v) is 7.72. The maximum absolute atomic E-state index is 12.4. The van der Waals surface area contributed by atoms with E-state index in [4.69, 9.17) is 4.74 Å². The molecule has 0 aliphatic rings. The van der Waals surface area contributed by atoms with Crippen molar-refractivity contribution in [1.29, 1.82) is 0 Å². The minimum absolute atomic E-state index is 0.0138. The van der Waals surface area contributed by atoms with Crippen molar-refractivity contribution in [1.82, 2.24) is 0 Å². The number of ether oxygens (including phenoxy) is 1. The number of carbonyl (C=O) groups excluding carboxylic acids is 1. The van der Waals surface area contributed by atoms with Gasteiger partial charge in [0.15, 0.2) is 0 Å². The first-order chi connectivity index (χ1) is 10.7. The molecule has 1 amide bonds. The minimum atomic E-state index is -0.0138. The Morgan fingerprint density at radius 1 is 0.955 bits per heavy atom. The second-order valence-electron chi connectivity index (χ2n) is 5.20. The molecule has 2 aromatic carbocycles. The van der Waals surface area contributed by atoms with Crippen molar-refractivity contribution >= 4 is 11.6 Å². The largest absolute Gasteiger partial charge is 0.496 e. The molecule has 3 heteroatoms. The molecule has 0 radical (unpaired) electrons. The maximum Gasteiger partial charge on any atom is 0.228 e. The van der Waals surface area contributed by atoms with E-state index in [2.05, 4.69) is 31.3 Å². The van der Waals surface area contributed by atoms with Crippen LogP contribution in [0.15, 0.2) is 42.5 Å². The van der Waals surface area contributed by atoms with Gasteiger partial charge >= 0.3 is 0 Å². The Hall–Kier alpha value is -2.29. The molecule has 0 saturated heterocycles. The van der Waals surface area contributed by atoms with E-state index in [1.807, 2.05) is 30.3 Å². The number of rotatable bonds is 6. The number of nitrogens with one attached hydrogen (secondary N) is 1. The van der Waals surface area contributed by atoms with Gasteiger partial charge in [-0.3, -0.25) is 4.79 Å². The van der Waals surface area contributed by atoms with E-state index in [0.29, 0.717) is 6.42 Å². The van der Waals surface area contributed by atoms with Crippen molar-refractivity contribution in [3.05, 3.63) is 59.2 Å². The molecule has 0 aliphatic carbocycles. The molecular weight excluding hydrogens is 274 g/mol. The number of para-hydroxylation sites is 2. The van der Waals surface area contributed by atoms with E-state index < -0.39 is 0 Å². The lowest BCUT2D eigenvalue weighted by atomic mass is 10.0. The summed E-state index contributed by atoms with van der Waals surface area (Å²) in [6.07, 6.45) is 2.11. The maximum atomic E-state index is 12.4. The van der Waals surface area contributed by atoms with Crippen LogP contribution in [-0.2, 0) is 24.1 Å². The second-order valence-corrected chi connectivity index (χ2v) is 5.20. The number of methoxy groups -OCH3 is 1. The summed E-state index contributed by atoms with van der Waals surface area (Å²) >= 11 is 0. The molecule has 0 atom stereocenters. The molecular formula is C19H23NO2. The van der Waals surface area contributed by atoms with E-state index in [1.54, 1.807) is 7.11 Å². The predicted molar refractivity (Wildman–Crippen MR) is 90.5 cm³/mol. The van der Waals surface area contributed by atoms with Gasteiger partial charge < -0.3 is 10.1 Å². The summed E-state index contributed by atoms with van der Waals surface area (Å²) in [4.78, 5) is 12.4. The summed E-state index contributed by atoms with van der Waals surface area (Å²) in [6.45, 7) is 4.20. The third kappa shape index (κ3) is 3.67. The van der Waals surface area contributed by atoms with E-state index in [1.165, 1.54) is 11.1 Å². The molecule has 0 unspecified atom stereocenters. The topological polar surface area (TPSA) is 38.3 Å². The van der Waals surface area contributed by atoms with Gasteiger partial charge in [-0.15, -0.1) is 0 Å². The fourth-order valence-corrected chi connectivity index (χ4v) is 2.61. The molecule has 1 N–H and O–H groups in total. The summed E-state index contributed by atoms with van der Waals surface area (Å²) < 4.78 is 5.31. The molecule has 2 aromatic rings. The Kier molecular flexibility index (Phi) is 5.59. The lowest BCUT2D eigenvalue weighted by molar-refractivity contribution is -0.115. The van der Waals surface area contributed by atoms with Gasteiger partial charge in [-0.25, -0.2) is 0 Å². The first-order valence-electron chi connectivity index (χ1n) is 7.72. The Labute approximate surface area is 132 Å². The Morgan fingerprint density at radius 3 is 2.14 bits per heavy atom. The monoisotopic (exact) mass is 297 g/mol. The third-order valence-electron chi connectivity index (χ3n) is 3.81. The lowest BCUT2D eigenvalue weighted by Crippen LogP contribution is -2.17. The van der Waals surface area contributed by atoms with Crippen LogP contribution in [0.3, 0.4) is 0 Å². The van der Waals surface area contributed by atoms with Gasteiger partial charge in [-0.1, -0.05) is 50.2 Å². The van der Waals surface area contributed by atoms with Crippen LogP contribution >= 0.6 is 0 Å². The SMILES string of the molecule is CCc1cccc(CC)c1NC(=O)Cc1ccccc1OC. The molecule has 0 heterocycles. The van der Waals surface area contributed by atoms with E-state index in [-0.39, 0.29) is 5.91 Å². The van der Waals surface area contributed by atoms with Gasteiger partial charge in [0, 0.05) is 11.3 Å². The van der Waals surface area contributed by atoms with E-state index >= 15 is 0 Å². The Balaban J connectivity index is 2.19. The van der Waals surface area contributed by atoms with E-state index in [9.17, 15) is 4.79 Å². The summed E-state index contributed by atoms with van der Waals surface area (Å²) in [5, 5.41) is 3.09. The van der Waals surface area contributed by atoms with Gasteiger partial charge in [0.2, 0.25) is 5.91 Å². The number of aryl methyl sites for hydroxylation is 2. The number of hydrogen-bond acceptors (Lipinski definition) is 2. The van der Waals surface area contributed by atoms with Gasteiger partial charge in [0.05, 0.1) is 13.5 Å². The summed E-state index contributed by atoms with van der Waals surface area (Å²) in [5.41, 5.74) is 4.21. The molecule has 0 aliphatic heterocycles.